The van der Waals surface area contributed by atoms with Gasteiger partial charge in [-0.3, -0.25) is 9.59 Å². The highest BCUT2D eigenvalue weighted by molar-refractivity contribution is 7.99. The number of anilines is 2. The minimum Gasteiger partial charge on any atom is -0.322 e. The van der Waals surface area contributed by atoms with Crippen molar-refractivity contribution in [2.75, 3.05) is 10.6 Å². The standard InChI is InChI=1S/C26H20N2O2S/c29-25(19-10-3-1-4-11-19)27-21-13-9-12-20(18-21)26(30)28-23-16-7-8-17-24(23)31-22-14-5-2-6-15-22/h1-18H,(H,27,29)(H,28,30). The van der Waals surface area contributed by atoms with Gasteiger partial charge in [-0.15, -0.1) is 0 Å². The SMILES string of the molecule is O=C(Nc1cccc(C(=O)Nc2ccccc2Sc2ccccc2)c1)c1ccccc1. The molecule has 31 heavy (non-hydrogen) atoms. The summed E-state index contributed by atoms with van der Waals surface area (Å²) in [5.74, 6) is -0.459. The van der Waals surface area contributed by atoms with E-state index in [0.717, 1.165) is 15.5 Å². The summed E-state index contributed by atoms with van der Waals surface area (Å²) in [4.78, 5) is 27.3. The molecule has 4 aromatic carbocycles. The van der Waals surface area contributed by atoms with Crippen molar-refractivity contribution in [3.63, 3.8) is 0 Å². The Morgan fingerprint density at radius 2 is 1.19 bits per heavy atom. The van der Waals surface area contributed by atoms with Gasteiger partial charge in [0, 0.05) is 26.6 Å². The van der Waals surface area contributed by atoms with Crippen LogP contribution in [0.15, 0.2) is 119 Å². The fourth-order valence-corrected chi connectivity index (χ4v) is 3.92. The van der Waals surface area contributed by atoms with Gasteiger partial charge in [0.1, 0.15) is 0 Å². The molecule has 0 aliphatic rings. The van der Waals surface area contributed by atoms with Crippen LogP contribution in [0.5, 0.6) is 0 Å². The lowest BCUT2D eigenvalue weighted by Gasteiger charge is -2.12. The van der Waals surface area contributed by atoms with Crippen LogP contribution < -0.4 is 10.6 Å². The average molecular weight is 425 g/mol. The van der Waals surface area contributed by atoms with Gasteiger partial charge in [-0.2, -0.15) is 0 Å². The fourth-order valence-electron chi connectivity index (χ4n) is 3.00. The van der Waals surface area contributed by atoms with Crippen molar-refractivity contribution < 1.29 is 9.59 Å². The molecule has 4 aromatic rings. The molecular weight excluding hydrogens is 404 g/mol. The Hall–Kier alpha value is -3.83. The smallest absolute Gasteiger partial charge is 0.255 e. The zero-order valence-corrected chi connectivity index (χ0v) is 17.4. The molecule has 152 valence electrons. The molecule has 0 unspecified atom stereocenters. The van der Waals surface area contributed by atoms with Gasteiger partial charge in [0.05, 0.1) is 5.69 Å². The van der Waals surface area contributed by atoms with Gasteiger partial charge in [0.2, 0.25) is 0 Å². The second kappa shape index (κ2) is 9.78. The Bertz CT molecular complexity index is 1190. The van der Waals surface area contributed by atoms with E-state index in [9.17, 15) is 9.59 Å². The van der Waals surface area contributed by atoms with Gasteiger partial charge >= 0.3 is 0 Å². The second-order valence-corrected chi connectivity index (χ2v) is 7.88. The quantitative estimate of drug-likeness (QED) is 0.380. The molecule has 4 nitrogen and oxygen atoms in total. The lowest BCUT2D eigenvalue weighted by atomic mass is 10.1. The number of nitrogens with one attached hydrogen (secondary N) is 2. The van der Waals surface area contributed by atoms with E-state index in [1.54, 1.807) is 48.2 Å². The topological polar surface area (TPSA) is 58.2 Å². The molecule has 0 saturated carbocycles. The molecule has 0 aliphatic carbocycles. The fraction of sp³-hybridized carbons (Fsp3) is 0. The number of benzene rings is 4. The molecule has 0 bridgehead atoms. The highest BCUT2D eigenvalue weighted by Crippen LogP contribution is 2.33. The van der Waals surface area contributed by atoms with E-state index in [2.05, 4.69) is 10.6 Å². The molecule has 0 saturated heterocycles. The van der Waals surface area contributed by atoms with Gasteiger partial charge in [-0.25, -0.2) is 0 Å². The Morgan fingerprint density at radius 3 is 1.97 bits per heavy atom. The van der Waals surface area contributed by atoms with Gasteiger partial charge in [-0.1, -0.05) is 66.4 Å². The largest absolute Gasteiger partial charge is 0.322 e. The summed E-state index contributed by atoms with van der Waals surface area (Å²) >= 11 is 1.59. The van der Waals surface area contributed by atoms with Crippen LogP contribution in [0, 0.1) is 0 Å². The van der Waals surface area contributed by atoms with E-state index in [4.69, 9.17) is 0 Å². The monoisotopic (exact) mass is 424 g/mol. The predicted octanol–water partition coefficient (Wildman–Crippen LogP) is 6.34. The third kappa shape index (κ3) is 5.41. The van der Waals surface area contributed by atoms with E-state index in [1.807, 2.05) is 72.8 Å². The molecule has 2 amide bonds. The van der Waals surface area contributed by atoms with Crippen LogP contribution in [-0.4, -0.2) is 11.8 Å². The van der Waals surface area contributed by atoms with Crippen LogP contribution >= 0.6 is 11.8 Å². The lowest BCUT2D eigenvalue weighted by Crippen LogP contribution is -2.15. The summed E-state index contributed by atoms with van der Waals surface area (Å²) in [5, 5.41) is 5.83. The maximum Gasteiger partial charge on any atom is 0.255 e. The van der Waals surface area contributed by atoms with Crippen molar-refractivity contribution in [3.05, 3.63) is 120 Å². The third-order valence-electron chi connectivity index (χ3n) is 4.52. The van der Waals surface area contributed by atoms with Crippen molar-refractivity contribution in [2.24, 2.45) is 0 Å². The summed E-state index contributed by atoms with van der Waals surface area (Å²) in [5.41, 5.74) is 2.32. The molecule has 0 aliphatic heterocycles. The maximum absolute atomic E-state index is 12.9. The van der Waals surface area contributed by atoms with Crippen LogP contribution in [-0.2, 0) is 0 Å². The second-order valence-electron chi connectivity index (χ2n) is 6.77. The number of carbonyl (C=O) groups excluding carboxylic acids is 2. The summed E-state index contributed by atoms with van der Waals surface area (Å²) in [6, 6.07) is 33.6. The summed E-state index contributed by atoms with van der Waals surface area (Å²) < 4.78 is 0. The van der Waals surface area contributed by atoms with Crippen LogP contribution in [0.2, 0.25) is 0 Å². The zero-order chi connectivity index (χ0) is 21.5. The van der Waals surface area contributed by atoms with E-state index < -0.39 is 0 Å². The van der Waals surface area contributed by atoms with Crippen LogP contribution in [0.3, 0.4) is 0 Å². The van der Waals surface area contributed by atoms with Crippen LogP contribution in [0.25, 0.3) is 0 Å². The van der Waals surface area contributed by atoms with Crippen molar-refractivity contribution in [3.8, 4) is 0 Å². The molecule has 0 aromatic heterocycles. The first-order chi connectivity index (χ1) is 15.2. The average Bonchev–Trinajstić information content (AvgIpc) is 2.82. The lowest BCUT2D eigenvalue weighted by molar-refractivity contribution is 0.101. The van der Waals surface area contributed by atoms with E-state index in [-0.39, 0.29) is 11.8 Å². The molecular formula is C26H20N2O2S. The van der Waals surface area contributed by atoms with Gasteiger partial charge in [0.25, 0.3) is 11.8 Å². The predicted molar refractivity (Wildman–Crippen MR) is 126 cm³/mol. The van der Waals surface area contributed by atoms with Crippen molar-refractivity contribution in [1.29, 1.82) is 0 Å². The Balaban J connectivity index is 1.48. The minimum absolute atomic E-state index is 0.220. The van der Waals surface area contributed by atoms with Crippen molar-refractivity contribution >= 4 is 35.0 Å². The number of para-hydroxylation sites is 1. The highest BCUT2D eigenvalue weighted by Gasteiger charge is 2.12. The first-order valence-electron chi connectivity index (χ1n) is 9.79. The van der Waals surface area contributed by atoms with Crippen molar-refractivity contribution in [1.82, 2.24) is 0 Å². The van der Waals surface area contributed by atoms with E-state index >= 15 is 0 Å². The normalized spacial score (nSPS) is 10.3. The molecule has 0 radical (unpaired) electrons. The molecule has 0 heterocycles. The van der Waals surface area contributed by atoms with E-state index in [0.29, 0.717) is 16.8 Å². The van der Waals surface area contributed by atoms with Gasteiger partial charge in [-0.05, 0) is 54.6 Å². The summed E-state index contributed by atoms with van der Waals surface area (Å²) in [6.45, 7) is 0. The number of hydrogen-bond acceptors (Lipinski definition) is 3. The molecule has 4 rings (SSSR count). The Labute approximate surface area is 185 Å². The summed E-state index contributed by atoms with van der Waals surface area (Å²) in [7, 11) is 0. The van der Waals surface area contributed by atoms with Crippen LogP contribution in [0.4, 0.5) is 11.4 Å². The Morgan fingerprint density at radius 1 is 0.581 bits per heavy atom. The van der Waals surface area contributed by atoms with Gasteiger partial charge in [0.15, 0.2) is 0 Å². The Kier molecular flexibility index (Phi) is 6.45. The highest BCUT2D eigenvalue weighted by atomic mass is 32.2. The van der Waals surface area contributed by atoms with Crippen LogP contribution in [0.1, 0.15) is 20.7 Å². The number of hydrogen-bond donors (Lipinski definition) is 2. The summed E-state index contributed by atoms with van der Waals surface area (Å²) in [6.07, 6.45) is 0. The number of carbonyl (C=O) groups is 2. The first-order valence-corrected chi connectivity index (χ1v) is 10.6. The molecule has 0 spiro atoms. The first kappa shape index (κ1) is 20.4. The minimum atomic E-state index is -0.239. The molecule has 0 atom stereocenters. The van der Waals surface area contributed by atoms with Gasteiger partial charge < -0.3 is 10.6 Å². The number of amides is 2. The maximum atomic E-state index is 12.9. The van der Waals surface area contributed by atoms with Crippen molar-refractivity contribution in [2.45, 2.75) is 9.79 Å². The molecule has 0 fully saturated rings. The molecule has 2 N–H and O–H groups in total. The molecule has 5 heteroatoms. The zero-order valence-electron chi connectivity index (χ0n) is 16.6. The van der Waals surface area contributed by atoms with E-state index in [1.165, 1.54) is 0 Å². The third-order valence-corrected chi connectivity index (χ3v) is 5.61. The number of rotatable bonds is 6.